The Morgan fingerprint density at radius 1 is 0.733 bits per heavy atom. The van der Waals surface area contributed by atoms with Crippen LogP contribution in [0.25, 0.3) is 0 Å². The number of nitrogen functional groups attached to an aromatic ring is 1. The first-order valence-electron chi connectivity index (χ1n) is 21.9. The average molecular weight is 827 g/mol. The van der Waals surface area contributed by atoms with Gasteiger partial charge in [0.05, 0.1) is 16.9 Å². The van der Waals surface area contributed by atoms with Gasteiger partial charge in [0.2, 0.25) is 29.5 Å². The Hall–Kier alpha value is -4.78. The van der Waals surface area contributed by atoms with Gasteiger partial charge < -0.3 is 32.5 Å². The van der Waals surface area contributed by atoms with E-state index in [0.717, 1.165) is 74.6 Å². The maximum atomic E-state index is 14.6. The number of carbonyl (C=O) groups is 6. The summed E-state index contributed by atoms with van der Waals surface area (Å²) in [6.45, 7) is 13.6. The second-order valence-electron chi connectivity index (χ2n) is 19.6. The Balaban J connectivity index is 1.14. The zero-order chi connectivity index (χ0) is 43.9. The molecule has 6 rings (SSSR count). The number of rotatable bonds is 12. The van der Waals surface area contributed by atoms with E-state index in [1.165, 1.54) is 11.1 Å². The fourth-order valence-corrected chi connectivity index (χ4v) is 11.8. The second kappa shape index (κ2) is 16.9. The number of fused-ring (bicyclic) bond motifs is 6. The van der Waals surface area contributed by atoms with Crippen LogP contribution < -0.4 is 32.7 Å². The molecule has 9 atom stereocenters. The molecule has 0 radical (unpaired) electrons. The molecule has 0 aliphatic heterocycles. The van der Waals surface area contributed by atoms with Gasteiger partial charge in [-0.15, -0.1) is 0 Å². The van der Waals surface area contributed by atoms with Crippen molar-refractivity contribution < 1.29 is 33.9 Å². The number of anilines is 2. The fourth-order valence-electron chi connectivity index (χ4n) is 11.8. The smallest absolute Gasteiger partial charge is 0.303 e. The third-order valence-corrected chi connectivity index (χ3v) is 15.3. The molecule has 2 saturated carbocycles. The molecule has 2 fully saturated rings. The lowest BCUT2D eigenvalue weighted by Crippen LogP contribution is -2.60. The summed E-state index contributed by atoms with van der Waals surface area (Å²) >= 11 is 0. The molecule has 2 aromatic rings. The van der Waals surface area contributed by atoms with Crippen LogP contribution in [0.4, 0.5) is 11.4 Å². The summed E-state index contributed by atoms with van der Waals surface area (Å²) in [5, 5.41) is 20.2. The Morgan fingerprint density at radius 2 is 1.27 bits per heavy atom. The number of aryl methyl sites for hydroxylation is 2. The minimum Gasteiger partial charge on any atom is -0.481 e. The summed E-state index contributed by atoms with van der Waals surface area (Å²) in [6.07, 6.45) is 7.89. The number of benzene rings is 2. The lowest BCUT2D eigenvalue weighted by atomic mass is 9.49. The molecule has 5 amide bonds. The van der Waals surface area contributed by atoms with Crippen LogP contribution in [0.15, 0.2) is 36.4 Å². The van der Waals surface area contributed by atoms with Gasteiger partial charge in [-0.25, -0.2) is 0 Å². The van der Waals surface area contributed by atoms with E-state index in [0.29, 0.717) is 12.1 Å². The molecular formula is C47H66N6O7. The van der Waals surface area contributed by atoms with Crippen LogP contribution in [-0.4, -0.2) is 58.7 Å². The highest BCUT2D eigenvalue weighted by Gasteiger charge is 2.58. The maximum Gasteiger partial charge on any atom is 0.303 e. The molecule has 0 spiro atoms. The Kier molecular flexibility index (Phi) is 12.6. The first-order chi connectivity index (χ1) is 28.1. The predicted octanol–water partition coefficient (Wildman–Crippen LogP) is 5.41. The van der Waals surface area contributed by atoms with Crippen molar-refractivity contribution in [1.82, 2.24) is 16.0 Å². The first-order valence-corrected chi connectivity index (χ1v) is 21.9. The standard InChI is InChI=1S/C47H66N6O7/c1-26(2)38(52-40(57)34(49)16-19-37(54)55)41(58)50-27(3)39(56)51-31-15-11-29-13-18-36-45(5,33(29)25-31)21-9-23-47(36,7)43(60)53-42(59)46(6)22-8-20-44(4)32-24-30(48)14-10-28(32)12-17-35(44)46/h10-11,14-15,24-27,34-36,38H,8-9,12-13,16-23,48-49H2,1-7H3,(H,50,58)(H,51,56)(H,52,57)(H,54,55)(H,53,59,60)/t27-,34-,35+,36+,38-,44+,45+,46-,47-/m0/s1. The summed E-state index contributed by atoms with van der Waals surface area (Å²) in [5.74, 6) is -3.41. The summed E-state index contributed by atoms with van der Waals surface area (Å²) < 4.78 is 0. The number of carboxylic acids is 1. The van der Waals surface area contributed by atoms with E-state index < -0.39 is 58.1 Å². The molecule has 4 aliphatic carbocycles. The Morgan fingerprint density at radius 3 is 1.80 bits per heavy atom. The number of amides is 5. The van der Waals surface area contributed by atoms with Gasteiger partial charge in [0, 0.05) is 17.8 Å². The van der Waals surface area contributed by atoms with Crippen molar-refractivity contribution in [1.29, 1.82) is 0 Å². The normalized spacial score (nSPS) is 29.6. The molecule has 9 N–H and O–H groups in total. The molecule has 60 heavy (non-hydrogen) atoms. The van der Waals surface area contributed by atoms with Crippen LogP contribution in [-0.2, 0) is 52.4 Å². The largest absolute Gasteiger partial charge is 0.481 e. The highest BCUT2D eigenvalue weighted by atomic mass is 16.4. The monoisotopic (exact) mass is 826 g/mol. The number of hydrogen-bond donors (Lipinski definition) is 7. The molecule has 0 heterocycles. The lowest BCUT2D eigenvalue weighted by Gasteiger charge is -2.56. The third-order valence-electron chi connectivity index (χ3n) is 15.3. The molecule has 2 aromatic carbocycles. The van der Waals surface area contributed by atoms with Gasteiger partial charge in [-0.1, -0.05) is 66.5 Å². The van der Waals surface area contributed by atoms with Crippen molar-refractivity contribution >= 4 is 46.9 Å². The minimum absolute atomic E-state index is 0.0439. The zero-order valence-electron chi connectivity index (χ0n) is 36.5. The summed E-state index contributed by atoms with van der Waals surface area (Å²) in [7, 11) is 0. The van der Waals surface area contributed by atoms with E-state index in [1.54, 1.807) is 20.8 Å². The third kappa shape index (κ3) is 8.30. The number of carbonyl (C=O) groups excluding carboxylic acids is 5. The van der Waals surface area contributed by atoms with Crippen LogP contribution in [0.5, 0.6) is 0 Å². The minimum atomic E-state index is -1.10. The molecule has 13 heteroatoms. The molecular weight excluding hydrogens is 761 g/mol. The van der Waals surface area contributed by atoms with Gasteiger partial charge in [0.15, 0.2) is 0 Å². The number of carboxylic acid groups (broad SMARTS) is 1. The van der Waals surface area contributed by atoms with Gasteiger partial charge >= 0.3 is 5.97 Å². The van der Waals surface area contributed by atoms with Crippen molar-refractivity contribution in [2.24, 2.45) is 34.3 Å². The molecule has 13 nitrogen and oxygen atoms in total. The van der Waals surface area contributed by atoms with E-state index in [1.807, 2.05) is 31.2 Å². The first kappa shape index (κ1) is 44.8. The molecule has 0 saturated heterocycles. The van der Waals surface area contributed by atoms with Crippen LogP contribution in [0, 0.1) is 28.6 Å². The van der Waals surface area contributed by atoms with E-state index in [4.69, 9.17) is 16.6 Å². The Labute approximate surface area is 354 Å². The fraction of sp³-hybridized carbons (Fsp3) is 0.617. The number of nitrogens with two attached hydrogens (primary N) is 2. The van der Waals surface area contributed by atoms with Gasteiger partial charge in [-0.3, -0.25) is 34.1 Å². The van der Waals surface area contributed by atoms with Crippen LogP contribution in [0.1, 0.15) is 135 Å². The highest BCUT2D eigenvalue weighted by Crippen LogP contribution is 2.59. The summed E-state index contributed by atoms with van der Waals surface area (Å²) in [5.41, 5.74) is 16.1. The molecule has 326 valence electrons. The van der Waals surface area contributed by atoms with Crippen LogP contribution in [0.2, 0.25) is 0 Å². The van der Waals surface area contributed by atoms with E-state index in [9.17, 15) is 28.8 Å². The van der Waals surface area contributed by atoms with Crippen molar-refractivity contribution in [2.45, 2.75) is 154 Å². The SMILES string of the molecule is CC(C)[C@H](NC(=O)[C@@H](N)CCC(=O)O)C(=O)N[C@@H](C)C(=O)Nc1ccc2c(c1)[C@@]1(C)CCC[C@](C)(C(=O)NC(=O)[C@@]3(C)CCC[C@]4(C)c5cc(N)ccc5CC[C@@H]34)[C@@H]1CC2. The van der Waals surface area contributed by atoms with Crippen LogP contribution in [0.3, 0.4) is 0 Å². The van der Waals surface area contributed by atoms with E-state index in [-0.39, 0.29) is 47.8 Å². The lowest BCUT2D eigenvalue weighted by molar-refractivity contribution is -0.150. The number of nitrogens with one attached hydrogen (secondary N) is 4. The van der Waals surface area contributed by atoms with Gasteiger partial charge in [0.1, 0.15) is 12.1 Å². The van der Waals surface area contributed by atoms with Gasteiger partial charge in [-0.2, -0.15) is 0 Å². The van der Waals surface area contributed by atoms with Crippen molar-refractivity contribution in [3.05, 3.63) is 58.7 Å². The highest BCUT2D eigenvalue weighted by molar-refractivity contribution is 6.01. The van der Waals surface area contributed by atoms with Gasteiger partial charge in [-0.05, 0) is 140 Å². The molecule has 0 bridgehead atoms. The molecule has 0 aromatic heterocycles. The number of aliphatic carboxylic acids is 1. The maximum absolute atomic E-state index is 14.6. The molecule has 0 unspecified atom stereocenters. The Bertz CT molecular complexity index is 2050. The summed E-state index contributed by atoms with van der Waals surface area (Å²) in [6, 6.07) is 9.01. The van der Waals surface area contributed by atoms with Crippen molar-refractivity contribution in [3.8, 4) is 0 Å². The predicted molar refractivity (Wildman–Crippen MR) is 231 cm³/mol. The van der Waals surface area contributed by atoms with E-state index in [2.05, 4.69) is 54.2 Å². The van der Waals surface area contributed by atoms with Gasteiger partial charge in [0.25, 0.3) is 0 Å². The van der Waals surface area contributed by atoms with E-state index >= 15 is 0 Å². The van der Waals surface area contributed by atoms with Crippen molar-refractivity contribution in [2.75, 3.05) is 11.1 Å². The zero-order valence-corrected chi connectivity index (χ0v) is 36.5. The van der Waals surface area contributed by atoms with Crippen LogP contribution >= 0.6 is 0 Å². The number of imide groups is 1. The summed E-state index contributed by atoms with van der Waals surface area (Å²) in [4.78, 5) is 79.5. The topological polar surface area (TPSA) is 223 Å². The molecule has 4 aliphatic rings. The number of hydrogen-bond acceptors (Lipinski definition) is 8. The average Bonchev–Trinajstić information content (AvgIpc) is 3.18. The van der Waals surface area contributed by atoms with Crippen molar-refractivity contribution in [3.63, 3.8) is 0 Å². The quantitative estimate of drug-likeness (QED) is 0.107. The second-order valence-corrected chi connectivity index (χ2v) is 19.6.